The summed E-state index contributed by atoms with van der Waals surface area (Å²) in [6.45, 7) is 4.59. The van der Waals surface area contributed by atoms with Crippen LogP contribution < -0.4 is 5.32 Å². The van der Waals surface area contributed by atoms with Crippen LogP contribution in [-0.2, 0) is 0 Å². The zero-order valence-corrected chi connectivity index (χ0v) is 10.2. The summed E-state index contributed by atoms with van der Waals surface area (Å²) in [7, 11) is 1.95. The number of nitrogens with zero attached hydrogens (tertiary/aromatic N) is 2. The summed E-state index contributed by atoms with van der Waals surface area (Å²) < 4.78 is 0. The number of aromatic nitrogens is 1. The molecule has 0 bridgehead atoms. The van der Waals surface area contributed by atoms with Gasteiger partial charge in [-0.05, 0) is 32.0 Å². The molecular weight excluding hydrogens is 198 g/mol. The van der Waals surface area contributed by atoms with E-state index < -0.39 is 0 Å². The SMILES string of the molecule is CCN1CCCC[C@@H]1c1cccnc1NC. The van der Waals surface area contributed by atoms with Crippen LogP contribution in [0.3, 0.4) is 0 Å². The first-order chi connectivity index (χ1) is 7.86. The fourth-order valence-electron chi connectivity index (χ4n) is 2.62. The predicted octanol–water partition coefficient (Wildman–Crippen LogP) is 2.67. The fourth-order valence-corrected chi connectivity index (χ4v) is 2.62. The second-order valence-electron chi connectivity index (χ2n) is 4.33. The Labute approximate surface area is 97.9 Å². The molecule has 0 unspecified atom stereocenters. The molecule has 1 N–H and O–H groups in total. The average molecular weight is 219 g/mol. The molecule has 88 valence electrons. The average Bonchev–Trinajstić information content (AvgIpc) is 2.38. The van der Waals surface area contributed by atoms with E-state index in [-0.39, 0.29) is 0 Å². The first-order valence-electron chi connectivity index (χ1n) is 6.23. The molecule has 1 aromatic heterocycles. The highest BCUT2D eigenvalue weighted by Gasteiger charge is 2.24. The highest BCUT2D eigenvalue weighted by Crippen LogP contribution is 2.33. The lowest BCUT2D eigenvalue weighted by atomic mass is 9.95. The molecule has 2 rings (SSSR count). The van der Waals surface area contributed by atoms with E-state index in [2.05, 4.69) is 28.2 Å². The van der Waals surface area contributed by atoms with E-state index in [1.165, 1.54) is 31.4 Å². The number of piperidine rings is 1. The summed E-state index contributed by atoms with van der Waals surface area (Å²) in [6.07, 6.45) is 5.78. The number of rotatable bonds is 3. The van der Waals surface area contributed by atoms with Gasteiger partial charge in [-0.2, -0.15) is 0 Å². The molecule has 0 aromatic carbocycles. The van der Waals surface area contributed by atoms with E-state index >= 15 is 0 Å². The van der Waals surface area contributed by atoms with Gasteiger partial charge in [0.1, 0.15) is 5.82 Å². The molecule has 3 nitrogen and oxygen atoms in total. The summed E-state index contributed by atoms with van der Waals surface area (Å²) in [5, 5.41) is 3.20. The summed E-state index contributed by atoms with van der Waals surface area (Å²) >= 11 is 0. The van der Waals surface area contributed by atoms with E-state index in [1.807, 2.05) is 19.3 Å². The van der Waals surface area contributed by atoms with Gasteiger partial charge in [0, 0.05) is 24.8 Å². The first-order valence-corrected chi connectivity index (χ1v) is 6.23. The minimum absolute atomic E-state index is 0.551. The van der Waals surface area contributed by atoms with Crippen LogP contribution in [0.25, 0.3) is 0 Å². The van der Waals surface area contributed by atoms with Gasteiger partial charge in [0.25, 0.3) is 0 Å². The van der Waals surface area contributed by atoms with Gasteiger partial charge in [0.2, 0.25) is 0 Å². The highest BCUT2D eigenvalue weighted by atomic mass is 15.2. The lowest BCUT2D eigenvalue weighted by Crippen LogP contribution is -2.33. The Morgan fingerprint density at radius 3 is 3.12 bits per heavy atom. The van der Waals surface area contributed by atoms with Crippen LogP contribution >= 0.6 is 0 Å². The highest BCUT2D eigenvalue weighted by molar-refractivity contribution is 5.45. The maximum Gasteiger partial charge on any atom is 0.130 e. The van der Waals surface area contributed by atoms with Crippen LogP contribution in [0.5, 0.6) is 0 Å². The van der Waals surface area contributed by atoms with Crippen molar-refractivity contribution < 1.29 is 0 Å². The van der Waals surface area contributed by atoms with Crippen LogP contribution in [0.2, 0.25) is 0 Å². The van der Waals surface area contributed by atoms with Crippen LogP contribution in [0.15, 0.2) is 18.3 Å². The third-order valence-electron chi connectivity index (χ3n) is 3.45. The van der Waals surface area contributed by atoms with Crippen molar-refractivity contribution in [3.8, 4) is 0 Å². The molecule has 1 atom stereocenters. The standard InChI is InChI=1S/C13H21N3/c1-3-16-10-5-4-8-12(16)11-7-6-9-15-13(11)14-2/h6-7,9,12H,3-5,8,10H2,1-2H3,(H,14,15)/t12-/m1/s1. The maximum atomic E-state index is 4.40. The molecule has 0 aliphatic carbocycles. The Bertz CT molecular complexity index is 338. The van der Waals surface area contributed by atoms with E-state index in [9.17, 15) is 0 Å². The number of nitrogens with one attached hydrogen (secondary N) is 1. The monoisotopic (exact) mass is 219 g/mol. The Balaban J connectivity index is 2.26. The van der Waals surface area contributed by atoms with Crippen molar-refractivity contribution in [1.82, 2.24) is 9.88 Å². The molecule has 2 heterocycles. The van der Waals surface area contributed by atoms with Crippen molar-refractivity contribution in [3.05, 3.63) is 23.9 Å². The predicted molar refractivity (Wildman–Crippen MR) is 67.6 cm³/mol. The molecule has 0 radical (unpaired) electrons. The number of hydrogen-bond acceptors (Lipinski definition) is 3. The second-order valence-corrected chi connectivity index (χ2v) is 4.33. The van der Waals surface area contributed by atoms with Crippen molar-refractivity contribution >= 4 is 5.82 Å². The van der Waals surface area contributed by atoms with Crippen LogP contribution in [-0.4, -0.2) is 30.0 Å². The van der Waals surface area contributed by atoms with Gasteiger partial charge >= 0.3 is 0 Å². The van der Waals surface area contributed by atoms with Gasteiger partial charge in [-0.1, -0.05) is 19.4 Å². The fraction of sp³-hybridized carbons (Fsp3) is 0.615. The van der Waals surface area contributed by atoms with E-state index in [0.717, 1.165) is 12.4 Å². The van der Waals surface area contributed by atoms with Gasteiger partial charge in [-0.15, -0.1) is 0 Å². The molecule has 1 saturated heterocycles. The quantitative estimate of drug-likeness (QED) is 0.847. The summed E-state index contributed by atoms with van der Waals surface area (Å²) in [5.74, 6) is 1.04. The van der Waals surface area contributed by atoms with Crippen molar-refractivity contribution in [1.29, 1.82) is 0 Å². The van der Waals surface area contributed by atoms with Crippen LogP contribution in [0.1, 0.15) is 37.8 Å². The van der Waals surface area contributed by atoms with E-state index in [1.54, 1.807) is 0 Å². The second kappa shape index (κ2) is 5.30. The van der Waals surface area contributed by atoms with Gasteiger partial charge in [-0.3, -0.25) is 4.90 Å². The number of hydrogen-bond donors (Lipinski definition) is 1. The molecule has 1 aromatic rings. The Morgan fingerprint density at radius 2 is 2.38 bits per heavy atom. The van der Waals surface area contributed by atoms with Crippen molar-refractivity contribution in [3.63, 3.8) is 0 Å². The Hall–Kier alpha value is -1.09. The van der Waals surface area contributed by atoms with Gasteiger partial charge < -0.3 is 5.32 Å². The van der Waals surface area contributed by atoms with Gasteiger partial charge in [-0.25, -0.2) is 4.98 Å². The van der Waals surface area contributed by atoms with Crippen LogP contribution in [0, 0.1) is 0 Å². The van der Waals surface area contributed by atoms with Crippen molar-refractivity contribution in [2.75, 3.05) is 25.5 Å². The lowest BCUT2D eigenvalue weighted by molar-refractivity contribution is 0.157. The third kappa shape index (κ3) is 2.19. The zero-order chi connectivity index (χ0) is 11.4. The molecule has 1 aliphatic rings. The maximum absolute atomic E-state index is 4.40. The molecule has 16 heavy (non-hydrogen) atoms. The van der Waals surface area contributed by atoms with Crippen molar-refractivity contribution in [2.45, 2.75) is 32.2 Å². The van der Waals surface area contributed by atoms with Crippen LogP contribution in [0.4, 0.5) is 5.82 Å². The third-order valence-corrected chi connectivity index (χ3v) is 3.45. The number of anilines is 1. The lowest BCUT2D eigenvalue weighted by Gasteiger charge is -2.35. The molecule has 0 saturated carbocycles. The van der Waals surface area contributed by atoms with Gasteiger partial charge in [0.05, 0.1) is 0 Å². The summed E-state index contributed by atoms with van der Waals surface area (Å²) in [4.78, 5) is 6.96. The minimum atomic E-state index is 0.551. The molecule has 1 fully saturated rings. The minimum Gasteiger partial charge on any atom is -0.373 e. The molecule has 3 heteroatoms. The normalized spacial score (nSPS) is 22.0. The largest absolute Gasteiger partial charge is 0.373 e. The molecule has 0 spiro atoms. The summed E-state index contributed by atoms with van der Waals surface area (Å²) in [6, 6.07) is 4.80. The van der Waals surface area contributed by atoms with Gasteiger partial charge in [0.15, 0.2) is 0 Å². The van der Waals surface area contributed by atoms with E-state index in [4.69, 9.17) is 0 Å². The smallest absolute Gasteiger partial charge is 0.130 e. The number of pyridine rings is 1. The van der Waals surface area contributed by atoms with E-state index in [0.29, 0.717) is 6.04 Å². The zero-order valence-electron chi connectivity index (χ0n) is 10.2. The number of likely N-dealkylation sites (tertiary alicyclic amines) is 1. The Morgan fingerprint density at radius 1 is 1.50 bits per heavy atom. The van der Waals surface area contributed by atoms with Crippen molar-refractivity contribution in [2.24, 2.45) is 0 Å². The molecule has 1 aliphatic heterocycles. The summed E-state index contributed by atoms with van der Waals surface area (Å²) in [5.41, 5.74) is 1.35. The Kier molecular flexibility index (Phi) is 3.78. The first kappa shape index (κ1) is 11.4. The topological polar surface area (TPSA) is 28.2 Å². The molecular formula is C13H21N3. The molecule has 0 amide bonds.